The second-order valence-corrected chi connectivity index (χ2v) is 2.27. The van der Waals surface area contributed by atoms with Crippen molar-refractivity contribution in [2.45, 2.75) is 0 Å². The highest BCUT2D eigenvalue weighted by Crippen LogP contribution is 2.20. The third-order valence-electron chi connectivity index (χ3n) is 1.47. The first-order valence-corrected chi connectivity index (χ1v) is 3.14. The molecule has 0 bridgehead atoms. The molecule has 12 heavy (non-hydrogen) atoms. The molecule has 1 aliphatic heterocycles. The minimum absolute atomic E-state index is 0.0139. The van der Waals surface area contributed by atoms with Crippen molar-refractivity contribution in [1.29, 1.82) is 0 Å². The monoisotopic (exact) mass is 165 g/mol. The molecule has 2 heterocycles. The summed E-state index contributed by atoms with van der Waals surface area (Å²) < 4.78 is 4.24. The first kappa shape index (κ1) is 6.78. The Labute approximate surface area is 66.6 Å². The number of esters is 2. The Morgan fingerprint density at radius 2 is 2.08 bits per heavy atom. The molecular weight excluding hydrogens is 162 g/mol. The van der Waals surface area contributed by atoms with E-state index in [1.54, 1.807) is 0 Å². The lowest BCUT2D eigenvalue weighted by Gasteiger charge is -1.90. The third-order valence-corrected chi connectivity index (χ3v) is 1.47. The number of aromatic nitrogens is 1. The number of carbonyl (C=O) groups excluding carboxylic acids is 2. The summed E-state index contributed by atoms with van der Waals surface area (Å²) in [5.74, 6) is -1.70. The van der Waals surface area contributed by atoms with Gasteiger partial charge >= 0.3 is 11.9 Å². The van der Waals surface area contributed by atoms with E-state index in [9.17, 15) is 9.59 Å². The summed E-state index contributed by atoms with van der Waals surface area (Å²) in [5, 5.41) is 8.92. The molecular formula is C7H3NO4. The molecule has 5 heteroatoms. The van der Waals surface area contributed by atoms with E-state index in [4.69, 9.17) is 5.11 Å². The van der Waals surface area contributed by atoms with Crippen LogP contribution in [-0.4, -0.2) is 22.0 Å². The molecule has 1 aromatic heterocycles. The Morgan fingerprint density at radius 3 is 2.83 bits per heavy atom. The molecule has 0 unspecified atom stereocenters. The predicted molar refractivity (Wildman–Crippen MR) is 35.6 cm³/mol. The van der Waals surface area contributed by atoms with Crippen molar-refractivity contribution in [3.63, 3.8) is 0 Å². The first-order valence-electron chi connectivity index (χ1n) is 3.14. The summed E-state index contributed by atoms with van der Waals surface area (Å²) in [4.78, 5) is 25.2. The van der Waals surface area contributed by atoms with Gasteiger partial charge in [0.1, 0.15) is 5.75 Å². The number of fused-ring (bicyclic) bond motifs is 1. The quantitative estimate of drug-likeness (QED) is 0.435. The SMILES string of the molecule is O=C1OC(=O)c2ncc(O)cc21. The zero-order chi connectivity index (χ0) is 8.72. The maximum Gasteiger partial charge on any atom is 0.365 e. The van der Waals surface area contributed by atoms with Crippen LogP contribution in [0.3, 0.4) is 0 Å². The normalized spacial score (nSPS) is 14.3. The van der Waals surface area contributed by atoms with Crippen LogP contribution in [0.2, 0.25) is 0 Å². The van der Waals surface area contributed by atoms with Crippen molar-refractivity contribution in [2.75, 3.05) is 0 Å². The Bertz CT molecular complexity index is 385. The molecule has 1 aliphatic rings. The Balaban J connectivity index is 2.68. The average Bonchev–Trinajstić information content (AvgIpc) is 2.28. The number of carbonyl (C=O) groups is 2. The van der Waals surface area contributed by atoms with E-state index >= 15 is 0 Å². The largest absolute Gasteiger partial charge is 0.506 e. The van der Waals surface area contributed by atoms with Crippen LogP contribution in [0.1, 0.15) is 20.8 Å². The molecule has 5 nitrogen and oxygen atoms in total. The van der Waals surface area contributed by atoms with Crippen molar-refractivity contribution >= 4 is 11.9 Å². The summed E-state index contributed by atoms with van der Waals surface area (Å²) in [6.45, 7) is 0. The number of aromatic hydroxyl groups is 1. The maximum absolute atomic E-state index is 10.8. The van der Waals surface area contributed by atoms with Gasteiger partial charge in [-0.1, -0.05) is 0 Å². The number of hydrogen-bond acceptors (Lipinski definition) is 5. The van der Waals surface area contributed by atoms with Crippen LogP contribution in [0.25, 0.3) is 0 Å². The molecule has 0 fully saturated rings. The number of hydrogen-bond donors (Lipinski definition) is 1. The van der Waals surface area contributed by atoms with Crippen molar-refractivity contribution in [3.8, 4) is 5.75 Å². The van der Waals surface area contributed by atoms with Crippen LogP contribution >= 0.6 is 0 Å². The number of nitrogens with zero attached hydrogens (tertiary/aromatic N) is 1. The zero-order valence-corrected chi connectivity index (χ0v) is 5.77. The van der Waals surface area contributed by atoms with Gasteiger partial charge in [0.15, 0.2) is 5.69 Å². The fourth-order valence-electron chi connectivity index (χ4n) is 0.960. The van der Waals surface area contributed by atoms with Gasteiger partial charge in [0.25, 0.3) is 0 Å². The lowest BCUT2D eigenvalue weighted by Crippen LogP contribution is -1.97. The van der Waals surface area contributed by atoms with Gasteiger partial charge in [-0.25, -0.2) is 14.6 Å². The van der Waals surface area contributed by atoms with E-state index in [2.05, 4.69) is 9.72 Å². The maximum atomic E-state index is 10.8. The molecule has 1 aromatic rings. The van der Waals surface area contributed by atoms with Crippen LogP contribution in [0.5, 0.6) is 5.75 Å². The van der Waals surface area contributed by atoms with E-state index in [1.807, 2.05) is 0 Å². The summed E-state index contributed by atoms with van der Waals surface area (Å²) in [5.41, 5.74) is -0.0298. The molecule has 0 spiro atoms. The predicted octanol–water partition coefficient (Wildman–Crippen LogP) is 0.0978. The molecule has 0 aromatic carbocycles. The van der Waals surface area contributed by atoms with Gasteiger partial charge in [-0.15, -0.1) is 0 Å². The van der Waals surface area contributed by atoms with Gasteiger partial charge in [0.05, 0.1) is 11.8 Å². The van der Waals surface area contributed by atoms with Gasteiger partial charge in [0, 0.05) is 0 Å². The minimum atomic E-state index is -0.769. The van der Waals surface area contributed by atoms with Crippen molar-refractivity contribution in [1.82, 2.24) is 4.98 Å². The lowest BCUT2D eigenvalue weighted by atomic mass is 10.2. The van der Waals surface area contributed by atoms with Crippen LogP contribution in [0.15, 0.2) is 12.3 Å². The van der Waals surface area contributed by atoms with Gasteiger partial charge in [-0.2, -0.15) is 0 Å². The second kappa shape index (κ2) is 2.04. The lowest BCUT2D eigenvalue weighted by molar-refractivity contribution is 0.0441. The molecule has 60 valence electrons. The van der Waals surface area contributed by atoms with Gasteiger partial charge in [-0.3, -0.25) is 0 Å². The number of rotatable bonds is 0. The molecule has 1 N–H and O–H groups in total. The van der Waals surface area contributed by atoms with E-state index in [1.165, 1.54) is 0 Å². The third kappa shape index (κ3) is 0.763. The van der Waals surface area contributed by atoms with Crippen LogP contribution in [0.4, 0.5) is 0 Å². The number of cyclic esters (lactones) is 2. The molecule has 0 radical (unpaired) electrons. The van der Waals surface area contributed by atoms with E-state index in [0.29, 0.717) is 0 Å². The first-order chi connectivity index (χ1) is 5.68. The van der Waals surface area contributed by atoms with E-state index in [0.717, 1.165) is 12.3 Å². The highest BCUT2D eigenvalue weighted by atomic mass is 16.6. The molecule has 0 amide bonds. The smallest absolute Gasteiger partial charge is 0.365 e. The Kier molecular flexibility index (Phi) is 1.15. The summed E-state index contributed by atoms with van der Waals surface area (Å²) in [6.07, 6.45) is 1.08. The molecule has 0 saturated carbocycles. The summed E-state index contributed by atoms with van der Waals surface area (Å²) in [6, 6.07) is 1.15. The fraction of sp³-hybridized carbons (Fsp3) is 0. The van der Waals surface area contributed by atoms with E-state index < -0.39 is 11.9 Å². The molecule has 0 saturated heterocycles. The number of ether oxygens (including phenoxy) is 1. The van der Waals surface area contributed by atoms with Crippen molar-refractivity contribution in [3.05, 3.63) is 23.5 Å². The van der Waals surface area contributed by atoms with Crippen molar-refractivity contribution < 1.29 is 19.4 Å². The van der Waals surface area contributed by atoms with Crippen LogP contribution in [0, 0.1) is 0 Å². The highest BCUT2D eigenvalue weighted by Gasteiger charge is 2.31. The molecule has 0 aliphatic carbocycles. The van der Waals surface area contributed by atoms with Crippen molar-refractivity contribution in [2.24, 2.45) is 0 Å². The molecule has 0 atom stereocenters. The van der Waals surface area contributed by atoms with Gasteiger partial charge < -0.3 is 9.84 Å². The summed E-state index contributed by atoms with van der Waals surface area (Å²) in [7, 11) is 0. The average molecular weight is 165 g/mol. The Hall–Kier alpha value is -1.91. The zero-order valence-electron chi connectivity index (χ0n) is 5.77. The minimum Gasteiger partial charge on any atom is -0.506 e. The standard InChI is InChI=1S/C7H3NO4/c9-3-1-4-5(8-2-3)7(11)12-6(4)10/h1-2,9H. The van der Waals surface area contributed by atoms with Crippen LogP contribution < -0.4 is 0 Å². The fourth-order valence-corrected chi connectivity index (χ4v) is 0.960. The highest BCUT2D eigenvalue weighted by molar-refractivity contribution is 6.13. The van der Waals surface area contributed by atoms with Gasteiger partial charge in [0.2, 0.25) is 0 Å². The number of pyridine rings is 1. The molecule has 2 rings (SSSR count). The van der Waals surface area contributed by atoms with E-state index in [-0.39, 0.29) is 17.0 Å². The Morgan fingerprint density at radius 1 is 1.33 bits per heavy atom. The van der Waals surface area contributed by atoms with Gasteiger partial charge in [-0.05, 0) is 6.07 Å². The second-order valence-electron chi connectivity index (χ2n) is 2.27. The van der Waals surface area contributed by atoms with Crippen LogP contribution in [-0.2, 0) is 4.74 Å². The summed E-state index contributed by atoms with van der Waals surface area (Å²) >= 11 is 0. The topological polar surface area (TPSA) is 76.5 Å².